The van der Waals surface area contributed by atoms with Gasteiger partial charge in [0.2, 0.25) is 6.71 Å². The van der Waals surface area contributed by atoms with E-state index in [-0.39, 0.29) is 18.2 Å². The lowest BCUT2D eigenvalue weighted by Gasteiger charge is -2.32. The van der Waals surface area contributed by atoms with Crippen LogP contribution in [0, 0.1) is 5.41 Å². The van der Waals surface area contributed by atoms with Gasteiger partial charge >= 0.3 is 0 Å². The van der Waals surface area contributed by atoms with Crippen LogP contribution in [0.25, 0.3) is 0 Å². The average Bonchev–Trinajstić information content (AvgIpc) is 2.52. The van der Waals surface area contributed by atoms with E-state index in [1.165, 1.54) is 5.06 Å². The molecule has 0 aromatic carbocycles. The summed E-state index contributed by atoms with van der Waals surface area (Å²) < 4.78 is 0. The predicted molar refractivity (Wildman–Crippen MR) is 101 cm³/mol. The fourth-order valence-electron chi connectivity index (χ4n) is 3.14. The van der Waals surface area contributed by atoms with E-state index < -0.39 is 0 Å². The molecule has 2 unspecified atom stereocenters. The summed E-state index contributed by atoms with van der Waals surface area (Å²) in [5.41, 5.74) is 0.682. The van der Waals surface area contributed by atoms with Crippen molar-refractivity contribution >= 4 is 12.4 Å². The Bertz CT molecular complexity index is 324. The molecule has 0 aliphatic rings. The summed E-state index contributed by atoms with van der Waals surface area (Å²) in [4.78, 5) is 11.9. The van der Waals surface area contributed by atoms with Crippen molar-refractivity contribution in [2.45, 2.75) is 105 Å². The third kappa shape index (κ3) is 9.51. The first-order valence-corrected chi connectivity index (χ1v) is 9.77. The molecule has 0 aliphatic carbocycles. The fourth-order valence-corrected chi connectivity index (χ4v) is 3.14. The van der Waals surface area contributed by atoms with Crippen LogP contribution in [0.1, 0.15) is 86.0 Å². The second-order valence-electron chi connectivity index (χ2n) is 7.72. The highest BCUT2D eigenvalue weighted by Crippen LogP contribution is 2.33. The molecular weight excluding hydrogens is 285 g/mol. The van der Waals surface area contributed by atoms with Gasteiger partial charge in [0.25, 0.3) is 0 Å². The summed E-state index contributed by atoms with van der Waals surface area (Å²) in [6.07, 6.45) is 9.22. The SMILES string of the molecule is CCCC(=O)B(C)CCCC(C)(CC)CCN(O)C(C)CCC. The predicted octanol–water partition coefficient (Wildman–Crippen LogP) is 5.49. The van der Waals surface area contributed by atoms with E-state index in [0.29, 0.717) is 5.68 Å². The Labute approximate surface area is 145 Å². The van der Waals surface area contributed by atoms with Gasteiger partial charge in [-0.3, -0.25) is 0 Å². The smallest absolute Gasteiger partial charge is 0.220 e. The molecule has 0 spiro atoms. The molecule has 0 bridgehead atoms. The summed E-state index contributed by atoms with van der Waals surface area (Å²) in [5.74, 6) is 0. The van der Waals surface area contributed by atoms with Crippen LogP contribution >= 0.6 is 0 Å². The minimum atomic E-state index is 0.204. The fraction of sp³-hybridized carbons (Fsp3) is 0.947. The number of hydrogen-bond donors (Lipinski definition) is 1. The van der Waals surface area contributed by atoms with Gasteiger partial charge in [0.15, 0.2) is 0 Å². The van der Waals surface area contributed by atoms with E-state index in [9.17, 15) is 10.0 Å². The van der Waals surface area contributed by atoms with Gasteiger partial charge in [-0.2, -0.15) is 5.06 Å². The number of nitrogens with zero attached hydrogens (tertiary/aromatic N) is 1. The van der Waals surface area contributed by atoms with Gasteiger partial charge in [-0.05, 0) is 38.0 Å². The van der Waals surface area contributed by atoms with Gasteiger partial charge < -0.3 is 10.0 Å². The maximum absolute atomic E-state index is 11.9. The van der Waals surface area contributed by atoms with Gasteiger partial charge in [0, 0.05) is 12.6 Å². The van der Waals surface area contributed by atoms with Crippen molar-refractivity contribution in [3.05, 3.63) is 0 Å². The lowest BCUT2D eigenvalue weighted by Crippen LogP contribution is -2.33. The second kappa shape index (κ2) is 12.1. The van der Waals surface area contributed by atoms with E-state index in [1.54, 1.807) is 0 Å². The Morgan fingerprint density at radius 1 is 1.22 bits per heavy atom. The minimum absolute atomic E-state index is 0.204. The van der Waals surface area contributed by atoms with Crippen molar-refractivity contribution in [3.8, 4) is 0 Å². The molecule has 0 aliphatic heterocycles. The highest BCUT2D eigenvalue weighted by Gasteiger charge is 2.25. The summed E-state index contributed by atoms with van der Waals surface area (Å²) in [5, 5.41) is 11.7. The summed E-state index contributed by atoms with van der Waals surface area (Å²) >= 11 is 0. The zero-order valence-corrected chi connectivity index (χ0v) is 16.5. The molecule has 0 aromatic heterocycles. The van der Waals surface area contributed by atoms with E-state index in [2.05, 4.69) is 41.4 Å². The van der Waals surface area contributed by atoms with Crippen LogP contribution in [0.15, 0.2) is 0 Å². The third-order valence-corrected chi connectivity index (χ3v) is 5.48. The molecular formula is C19H40BNO2. The van der Waals surface area contributed by atoms with Crippen molar-refractivity contribution in [3.63, 3.8) is 0 Å². The molecule has 0 fully saturated rings. The molecule has 4 heteroatoms. The van der Waals surface area contributed by atoms with Crippen LogP contribution in [-0.2, 0) is 4.79 Å². The zero-order chi connectivity index (χ0) is 17.9. The number of hydrogen-bond acceptors (Lipinski definition) is 3. The summed E-state index contributed by atoms with van der Waals surface area (Å²) in [6, 6.07) is 0.243. The van der Waals surface area contributed by atoms with Crippen LogP contribution in [-0.4, -0.2) is 35.3 Å². The number of carbonyl (C=O) groups excluding carboxylic acids is 1. The Kier molecular flexibility index (Phi) is 11.9. The van der Waals surface area contributed by atoms with Crippen LogP contribution in [0.5, 0.6) is 0 Å². The lowest BCUT2D eigenvalue weighted by atomic mass is 9.44. The maximum Gasteiger partial charge on any atom is 0.220 e. The molecule has 3 nitrogen and oxygen atoms in total. The lowest BCUT2D eigenvalue weighted by molar-refractivity contribution is -0.129. The maximum atomic E-state index is 11.9. The number of carbonyl (C=O) groups is 1. The van der Waals surface area contributed by atoms with E-state index in [1.807, 2.05) is 0 Å². The van der Waals surface area contributed by atoms with Crippen LogP contribution in [0.4, 0.5) is 0 Å². The largest absolute Gasteiger partial charge is 0.314 e. The molecule has 136 valence electrons. The van der Waals surface area contributed by atoms with E-state index >= 15 is 0 Å². The zero-order valence-electron chi connectivity index (χ0n) is 16.5. The van der Waals surface area contributed by atoms with Crippen molar-refractivity contribution < 1.29 is 10.0 Å². The van der Waals surface area contributed by atoms with Crippen LogP contribution in [0.2, 0.25) is 13.1 Å². The first-order chi connectivity index (χ1) is 10.8. The van der Waals surface area contributed by atoms with Crippen molar-refractivity contribution in [2.75, 3.05) is 6.54 Å². The first kappa shape index (κ1) is 22.7. The van der Waals surface area contributed by atoms with Crippen LogP contribution < -0.4 is 0 Å². The monoisotopic (exact) mass is 325 g/mol. The van der Waals surface area contributed by atoms with Crippen LogP contribution in [0.3, 0.4) is 0 Å². The molecule has 0 radical (unpaired) electrons. The quantitative estimate of drug-likeness (QED) is 0.339. The molecule has 0 rings (SSSR count). The number of rotatable bonds is 14. The Morgan fingerprint density at radius 3 is 2.39 bits per heavy atom. The highest BCUT2D eigenvalue weighted by molar-refractivity contribution is 6.89. The molecule has 1 N–H and O–H groups in total. The van der Waals surface area contributed by atoms with E-state index in [0.717, 1.165) is 64.2 Å². The molecule has 0 amide bonds. The Balaban J connectivity index is 4.21. The van der Waals surface area contributed by atoms with E-state index in [4.69, 9.17) is 0 Å². The summed E-state index contributed by atoms with van der Waals surface area (Å²) in [7, 11) is 0. The third-order valence-electron chi connectivity index (χ3n) is 5.48. The molecule has 0 aromatic rings. The minimum Gasteiger partial charge on any atom is -0.314 e. The Hall–Kier alpha value is -0.345. The first-order valence-electron chi connectivity index (χ1n) is 9.77. The standard InChI is InChI=1S/C19H40BNO2/c1-7-11-17(4)21(23)16-14-19(5,9-3)13-10-15-20(6)18(22)12-8-2/h17,23H,7-16H2,1-6H3. The van der Waals surface area contributed by atoms with Gasteiger partial charge in [-0.15, -0.1) is 0 Å². The Morgan fingerprint density at radius 2 is 1.87 bits per heavy atom. The van der Waals surface area contributed by atoms with Crippen molar-refractivity contribution in [1.29, 1.82) is 0 Å². The van der Waals surface area contributed by atoms with Gasteiger partial charge in [-0.1, -0.05) is 66.5 Å². The second-order valence-corrected chi connectivity index (χ2v) is 7.72. The molecule has 23 heavy (non-hydrogen) atoms. The van der Waals surface area contributed by atoms with Crippen molar-refractivity contribution in [1.82, 2.24) is 5.06 Å². The molecule has 2 atom stereocenters. The topological polar surface area (TPSA) is 40.5 Å². The summed E-state index contributed by atoms with van der Waals surface area (Å²) in [6.45, 7) is 13.9. The highest BCUT2D eigenvalue weighted by atomic mass is 16.5. The normalized spacial score (nSPS) is 15.5. The molecule has 0 saturated carbocycles. The number of hydroxylamine groups is 2. The van der Waals surface area contributed by atoms with Gasteiger partial charge in [0.05, 0.1) is 5.68 Å². The van der Waals surface area contributed by atoms with Gasteiger partial charge in [0.1, 0.15) is 0 Å². The van der Waals surface area contributed by atoms with Gasteiger partial charge in [-0.25, -0.2) is 0 Å². The molecule has 0 saturated heterocycles. The average molecular weight is 325 g/mol. The van der Waals surface area contributed by atoms with Crippen molar-refractivity contribution in [2.24, 2.45) is 5.41 Å². The molecule has 0 heterocycles.